The largest absolute Gasteiger partial charge is 0.449 e. The Morgan fingerprint density at radius 3 is 2.10 bits per heavy atom. The van der Waals surface area contributed by atoms with Gasteiger partial charge in [0.1, 0.15) is 5.52 Å². The lowest BCUT2D eigenvalue weighted by Crippen LogP contribution is -2.02. The van der Waals surface area contributed by atoms with Crippen molar-refractivity contribution in [2.75, 3.05) is 0 Å². The number of hydrogen-bond acceptors (Lipinski definition) is 3. The van der Waals surface area contributed by atoms with Crippen LogP contribution in [0.15, 0.2) is 199 Å². The summed E-state index contributed by atoms with van der Waals surface area (Å²) >= 11 is 0. The van der Waals surface area contributed by atoms with Crippen molar-refractivity contribution in [1.82, 2.24) is 4.57 Å². The third-order valence-electron chi connectivity index (χ3n) is 10.6. The molecule has 0 saturated heterocycles. The standard InChI is InChI=1S/C54H44N2O2/c1-37(2)18-8-5-4-6-15-31-55-48(39-19-9-7-10-20-39)32-38(3)40-23-16-24-41(33-40)42-25-17-26-45(34-42)56-49-28-14-13-27-46(49)47-29-30-50-54(53(47)56)58-52-36-44-22-12-11-21-43(44)35-51(52)57-50/h4-17,19-37H,18H2,1-3H3/b6-4-,8-5+,31-15-,38-32+,55-48-. The quantitative estimate of drug-likeness (QED) is 0.103. The molecule has 0 saturated carbocycles. The van der Waals surface area contributed by atoms with Crippen molar-refractivity contribution in [3.63, 3.8) is 0 Å². The van der Waals surface area contributed by atoms with Crippen molar-refractivity contribution in [3.05, 3.63) is 205 Å². The average molecular weight is 753 g/mol. The van der Waals surface area contributed by atoms with E-state index in [1.54, 1.807) is 0 Å². The predicted molar refractivity (Wildman–Crippen MR) is 244 cm³/mol. The molecule has 0 bridgehead atoms. The second kappa shape index (κ2) is 16.1. The van der Waals surface area contributed by atoms with Crippen LogP contribution in [0.4, 0.5) is 0 Å². The molecule has 1 aromatic heterocycles. The van der Waals surface area contributed by atoms with E-state index in [9.17, 15) is 0 Å². The summed E-state index contributed by atoms with van der Waals surface area (Å²) < 4.78 is 15.7. The van der Waals surface area contributed by atoms with Crippen LogP contribution in [-0.4, -0.2) is 10.3 Å². The molecule has 282 valence electrons. The van der Waals surface area contributed by atoms with E-state index in [4.69, 9.17) is 14.5 Å². The van der Waals surface area contributed by atoms with E-state index in [0.29, 0.717) is 23.2 Å². The minimum atomic E-state index is 0.656. The van der Waals surface area contributed by atoms with Gasteiger partial charge in [0.15, 0.2) is 23.0 Å². The average Bonchev–Trinajstić information content (AvgIpc) is 3.60. The van der Waals surface area contributed by atoms with Crippen molar-refractivity contribution in [2.45, 2.75) is 27.2 Å². The molecule has 0 atom stereocenters. The van der Waals surface area contributed by atoms with Gasteiger partial charge in [-0.1, -0.05) is 141 Å². The molecule has 2 heterocycles. The minimum Gasteiger partial charge on any atom is -0.449 e. The molecule has 0 N–H and O–H groups in total. The first kappa shape index (κ1) is 36.5. The summed E-state index contributed by atoms with van der Waals surface area (Å²) in [6, 6.07) is 53.0. The van der Waals surface area contributed by atoms with Crippen LogP contribution < -0.4 is 9.47 Å². The van der Waals surface area contributed by atoms with E-state index in [1.165, 1.54) is 0 Å². The molecule has 0 amide bonds. The van der Waals surface area contributed by atoms with Crippen molar-refractivity contribution >= 4 is 43.9 Å². The van der Waals surface area contributed by atoms with Gasteiger partial charge in [0.05, 0.1) is 11.2 Å². The van der Waals surface area contributed by atoms with Gasteiger partial charge in [0.2, 0.25) is 0 Å². The maximum absolute atomic E-state index is 6.80. The lowest BCUT2D eigenvalue weighted by Gasteiger charge is -2.23. The van der Waals surface area contributed by atoms with Crippen LogP contribution in [0.5, 0.6) is 23.0 Å². The van der Waals surface area contributed by atoms with Crippen LogP contribution >= 0.6 is 0 Å². The molecule has 58 heavy (non-hydrogen) atoms. The highest BCUT2D eigenvalue weighted by Crippen LogP contribution is 2.51. The number of allylic oxidation sites excluding steroid dienone is 7. The second-order valence-corrected chi connectivity index (χ2v) is 15.1. The molecule has 0 fully saturated rings. The van der Waals surface area contributed by atoms with Crippen molar-refractivity contribution in [1.29, 1.82) is 0 Å². The fraction of sp³-hybridized carbons (Fsp3) is 0.0926. The van der Waals surface area contributed by atoms with Crippen molar-refractivity contribution in [3.8, 4) is 39.8 Å². The molecule has 7 aromatic carbocycles. The first-order valence-corrected chi connectivity index (χ1v) is 20.0. The molecular formula is C54H44N2O2. The van der Waals surface area contributed by atoms with Gasteiger partial charge in [-0.15, -0.1) is 0 Å². The maximum Gasteiger partial charge on any atom is 0.194 e. The van der Waals surface area contributed by atoms with Crippen molar-refractivity contribution in [2.24, 2.45) is 10.9 Å². The molecule has 4 nitrogen and oxygen atoms in total. The molecular weight excluding hydrogens is 709 g/mol. The SMILES string of the molecule is C\C(=C/C(=N/C=C\C=C/C=C/CC(C)C)c1ccccc1)c1cccc(-c2cccc(-n3c4ccccc4c4ccc5c(c43)Oc3cc4ccccc4cc3O5)c2)c1. The van der Waals surface area contributed by atoms with Gasteiger partial charge < -0.3 is 14.0 Å². The van der Waals surface area contributed by atoms with Gasteiger partial charge >= 0.3 is 0 Å². The highest BCUT2D eigenvalue weighted by molar-refractivity contribution is 6.13. The van der Waals surface area contributed by atoms with E-state index >= 15 is 0 Å². The Labute approximate surface area is 340 Å². The Morgan fingerprint density at radius 2 is 1.29 bits per heavy atom. The lowest BCUT2D eigenvalue weighted by atomic mass is 9.97. The molecule has 9 rings (SSSR count). The zero-order valence-electron chi connectivity index (χ0n) is 33.0. The van der Waals surface area contributed by atoms with Crippen LogP contribution in [0.3, 0.4) is 0 Å². The zero-order valence-corrected chi connectivity index (χ0v) is 33.0. The fourth-order valence-corrected chi connectivity index (χ4v) is 7.63. The summed E-state index contributed by atoms with van der Waals surface area (Å²) in [6.07, 6.45) is 15.5. The van der Waals surface area contributed by atoms with E-state index in [-0.39, 0.29) is 0 Å². The zero-order chi connectivity index (χ0) is 39.4. The van der Waals surface area contributed by atoms with Crippen LogP contribution in [0.2, 0.25) is 0 Å². The normalized spacial score (nSPS) is 13.2. The van der Waals surface area contributed by atoms with Gasteiger partial charge in [0.25, 0.3) is 0 Å². The Balaban J connectivity index is 1.07. The third kappa shape index (κ3) is 7.40. The number of rotatable bonds is 10. The summed E-state index contributed by atoms with van der Waals surface area (Å²) in [5.74, 6) is 3.50. The highest BCUT2D eigenvalue weighted by atomic mass is 16.6. The van der Waals surface area contributed by atoms with E-state index in [2.05, 4.69) is 177 Å². The summed E-state index contributed by atoms with van der Waals surface area (Å²) in [5.41, 5.74) is 9.59. The van der Waals surface area contributed by atoms with E-state index < -0.39 is 0 Å². The third-order valence-corrected chi connectivity index (χ3v) is 10.6. The Kier molecular flexibility index (Phi) is 10.1. The highest BCUT2D eigenvalue weighted by Gasteiger charge is 2.26. The lowest BCUT2D eigenvalue weighted by molar-refractivity contribution is 0.363. The number of hydrogen-bond donors (Lipinski definition) is 0. The Bertz CT molecular complexity index is 2960. The minimum absolute atomic E-state index is 0.656. The number of aliphatic imine (C=N–C) groups is 1. The van der Waals surface area contributed by atoms with Gasteiger partial charge in [-0.25, -0.2) is 0 Å². The Hall–Kier alpha value is -7.17. The van der Waals surface area contributed by atoms with E-state index in [0.717, 1.165) is 84.0 Å². The molecule has 0 unspecified atom stereocenters. The molecule has 1 aliphatic heterocycles. The van der Waals surface area contributed by atoms with Crippen LogP contribution in [0.1, 0.15) is 38.3 Å². The first-order valence-electron chi connectivity index (χ1n) is 20.0. The van der Waals surface area contributed by atoms with E-state index in [1.807, 2.05) is 42.6 Å². The van der Waals surface area contributed by atoms with Gasteiger partial charge in [-0.3, -0.25) is 4.99 Å². The summed E-state index contributed by atoms with van der Waals surface area (Å²) in [7, 11) is 0. The second-order valence-electron chi connectivity index (χ2n) is 15.1. The number of para-hydroxylation sites is 1. The molecule has 0 aliphatic carbocycles. The monoisotopic (exact) mass is 752 g/mol. The smallest absolute Gasteiger partial charge is 0.194 e. The number of nitrogens with zero attached hydrogens (tertiary/aromatic N) is 2. The topological polar surface area (TPSA) is 35.8 Å². The Morgan fingerprint density at radius 1 is 0.603 bits per heavy atom. The number of fused-ring (bicyclic) bond motifs is 7. The summed E-state index contributed by atoms with van der Waals surface area (Å²) in [6.45, 7) is 6.60. The van der Waals surface area contributed by atoms with Crippen LogP contribution in [-0.2, 0) is 0 Å². The van der Waals surface area contributed by atoms with Gasteiger partial charge in [-0.05, 0) is 113 Å². The molecule has 8 aromatic rings. The number of aromatic nitrogens is 1. The summed E-state index contributed by atoms with van der Waals surface area (Å²) in [4.78, 5) is 4.89. The van der Waals surface area contributed by atoms with Crippen LogP contribution in [0.25, 0.3) is 55.0 Å². The molecule has 4 heteroatoms. The number of benzene rings is 7. The van der Waals surface area contributed by atoms with Gasteiger partial charge in [-0.2, -0.15) is 0 Å². The molecule has 1 aliphatic rings. The first-order chi connectivity index (χ1) is 28.5. The van der Waals surface area contributed by atoms with Crippen molar-refractivity contribution < 1.29 is 9.47 Å². The van der Waals surface area contributed by atoms with Gasteiger partial charge in [0, 0.05) is 28.2 Å². The molecule has 0 spiro atoms. The predicted octanol–water partition coefficient (Wildman–Crippen LogP) is 15.1. The molecule has 0 radical (unpaired) electrons. The fourth-order valence-electron chi connectivity index (χ4n) is 7.63. The van der Waals surface area contributed by atoms with Crippen LogP contribution in [0, 0.1) is 5.92 Å². The number of ether oxygens (including phenoxy) is 2. The summed E-state index contributed by atoms with van der Waals surface area (Å²) in [5, 5.41) is 4.48. The maximum atomic E-state index is 6.80.